The van der Waals surface area contributed by atoms with Crippen LogP contribution in [0.25, 0.3) is 11.1 Å². The van der Waals surface area contributed by atoms with Crippen molar-refractivity contribution in [2.24, 2.45) is 0 Å². The Morgan fingerprint density at radius 1 is 1.04 bits per heavy atom. The highest BCUT2D eigenvalue weighted by atomic mass is 19.1. The molecule has 3 nitrogen and oxygen atoms in total. The van der Waals surface area contributed by atoms with Crippen LogP contribution in [0.5, 0.6) is 0 Å². The highest BCUT2D eigenvalue weighted by Gasteiger charge is 2.47. The summed E-state index contributed by atoms with van der Waals surface area (Å²) in [6.45, 7) is 0. The van der Waals surface area contributed by atoms with E-state index in [1.807, 2.05) is 24.3 Å². The van der Waals surface area contributed by atoms with E-state index in [0.717, 1.165) is 48.1 Å². The van der Waals surface area contributed by atoms with Gasteiger partial charge in [0.2, 0.25) is 5.91 Å². The number of hydrogen-bond donors (Lipinski definition) is 1. The summed E-state index contributed by atoms with van der Waals surface area (Å²) in [7, 11) is 0. The molecule has 1 amide bonds. The van der Waals surface area contributed by atoms with Gasteiger partial charge in [-0.15, -0.1) is 0 Å². The summed E-state index contributed by atoms with van der Waals surface area (Å²) in [5, 5.41) is 11.9. The molecule has 1 aliphatic carbocycles. The van der Waals surface area contributed by atoms with E-state index in [9.17, 15) is 9.18 Å². The Labute approximate surface area is 140 Å². The van der Waals surface area contributed by atoms with E-state index in [1.165, 1.54) is 18.6 Å². The number of halogens is 1. The number of rotatable bonds is 1. The summed E-state index contributed by atoms with van der Waals surface area (Å²) >= 11 is 0. The van der Waals surface area contributed by atoms with Crippen LogP contribution in [0.15, 0.2) is 36.4 Å². The minimum Gasteiger partial charge on any atom is -0.325 e. The third kappa shape index (κ3) is 2.12. The SMILES string of the molecule is N#Cc1ccc(-c2ccc3c(c2)C2(CCCCC2)C(=O)N3)cc1F. The maximum atomic E-state index is 13.9. The molecule has 4 heteroatoms. The zero-order chi connectivity index (χ0) is 16.7. The van der Waals surface area contributed by atoms with Gasteiger partial charge in [0, 0.05) is 5.69 Å². The van der Waals surface area contributed by atoms with Gasteiger partial charge in [-0.1, -0.05) is 31.4 Å². The summed E-state index contributed by atoms with van der Waals surface area (Å²) in [5.74, 6) is -0.419. The molecule has 0 atom stereocenters. The van der Waals surface area contributed by atoms with Gasteiger partial charge in [0.05, 0.1) is 11.0 Å². The molecule has 120 valence electrons. The van der Waals surface area contributed by atoms with E-state index in [1.54, 1.807) is 6.07 Å². The Hall–Kier alpha value is -2.67. The number of anilines is 1. The van der Waals surface area contributed by atoms with Crippen molar-refractivity contribution in [3.63, 3.8) is 0 Å². The maximum absolute atomic E-state index is 13.9. The molecule has 1 heterocycles. The van der Waals surface area contributed by atoms with Crippen molar-refractivity contribution in [3.8, 4) is 17.2 Å². The zero-order valence-electron chi connectivity index (χ0n) is 13.2. The standard InChI is InChI=1S/C20H17FN2O/c21-17-11-14(4-5-15(17)12-22)13-6-7-18-16(10-13)20(19(24)23-18)8-2-1-3-9-20/h4-7,10-11H,1-3,8-9H2,(H,23,24). The average molecular weight is 320 g/mol. The fourth-order valence-corrected chi connectivity index (χ4v) is 4.03. The number of carbonyl (C=O) groups is 1. The first-order valence-corrected chi connectivity index (χ1v) is 8.30. The minimum atomic E-state index is -0.517. The molecule has 0 radical (unpaired) electrons. The van der Waals surface area contributed by atoms with Gasteiger partial charge in [-0.05, 0) is 53.8 Å². The van der Waals surface area contributed by atoms with Crippen LogP contribution in [0.2, 0.25) is 0 Å². The maximum Gasteiger partial charge on any atom is 0.235 e. The average Bonchev–Trinajstić information content (AvgIpc) is 2.87. The molecule has 2 aromatic rings. The molecule has 0 saturated heterocycles. The highest BCUT2D eigenvalue weighted by molar-refractivity contribution is 6.06. The first-order valence-electron chi connectivity index (χ1n) is 8.30. The highest BCUT2D eigenvalue weighted by Crippen LogP contribution is 2.48. The summed E-state index contributed by atoms with van der Waals surface area (Å²) < 4.78 is 13.9. The van der Waals surface area contributed by atoms with E-state index in [2.05, 4.69) is 5.32 Å². The molecule has 4 rings (SSSR count). The topological polar surface area (TPSA) is 52.9 Å². The van der Waals surface area contributed by atoms with Gasteiger partial charge in [-0.3, -0.25) is 4.79 Å². The molecular weight excluding hydrogens is 303 g/mol. The Morgan fingerprint density at radius 2 is 1.75 bits per heavy atom. The number of benzene rings is 2. The first kappa shape index (κ1) is 14.9. The van der Waals surface area contributed by atoms with Crippen LogP contribution in [0.1, 0.15) is 43.2 Å². The van der Waals surface area contributed by atoms with Gasteiger partial charge in [0.1, 0.15) is 11.9 Å². The zero-order valence-corrected chi connectivity index (χ0v) is 13.2. The van der Waals surface area contributed by atoms with Gasteiger partial charge < -0.3 is 5.32 Å². The van der Waals surface area contributed by atoms with Crippen molar-refractivity contribution in [3.05, 3.63) is 53.3 Å². The van der Waals surface area contributed by atoms with Crippen molar-refractivity contribution in [1.29, 1.82) is 5.26 Å². The van der Waals surface area contributed by atoms with E-state index in [-0.39, 0.29) is 11.5 Å². The predicted octanol–water partition coefficient (Wildman–Crippen LogP) is 4.52. The first-order chi connectivity index (χ1) is 11.6. The van der Waals surface area contributed by atoms with Crippen LogP contribution in [-0.4, -0.2) is 5.91 Å². The largest absolute Gasteiger partial charge is 0.325 e. The monoisotopic (exact) mass is 320 g/mol. The Kier molecular flexibility index (Phi) is 3.38. The second kappa shape index (κ2) is 5.45. The van der Waals surface area contributed by atoms with Crippen LogP contribution in [0, 0.1) is 17.1 Å². The van der Waals surface area contributed by atoms with Crippen molar-refractivity contribution in [1.82, 2.24) is 0 Å². The normalized spacial score (nSPS) is 18.1. The third-order valence-corrected chi connectivity index (χ3v) is 5.35. The number of fused-ring (bicyclic) bond motifs is 2. The summed E-state index contributed by atoms with van der Waals surface area (Å²) in [5.41, 5.74) is 3.13. The molecule has 0 bridgehead atoms. The molecular formula is C20H17FN2O. The van der Waals surface area contributed by atoms with E-state index in [4.69, 9.17) is 5.26 Å². The molecule has 2 aromatic carbocycles. The second-order valence-corrected chi connectivity index (χ2v) is 6.66. The lowest BCUT2D eigenvalue weighted by molar-refractivity contribution is -0.121. The fourth-order valence-electron chi connectivity index (χ4n) is 4.03. The van der Waals surface area contributed by atoms with Gasteiger partial charge in [0.15, 0.2) is 0 Å². The van der Waals surface area contributed by atoms with Crippen LogP contribution < -0.4 is 5.32 Å². The molecule has 1 fully saturated rings. The van der Waals surface area contributed by atoms with Crippen molar-refractivity contribution >= 4 is 11.6 Å². The van der Waals surface area contributed by atoms with Crippen LogP contribution in [-0.2, 0) is 10.2 Å². The van der Waals surface area contributed by atoms with Crippen molar-refractivity contribution in [2.75, 3.05) is 5.32 Å². The van der Waals surface area contributed by atoms with Crippen molar-refractivity contribution < 1.29 is 9.18 Å². The lowest BCUT2D eigenvalue weighted by atomic mass is 9.70. The van der Waals surface area contributed by atoms with E-state index in [0.29, 0.717) is 0 Å². The predicted molar refractivity (Wildman–Crippen MR) is 89.9 cm³/mol. The van der Waals surface area contributed by atoms with Crippen molar-refractivity contribution in [2.45, 2.75) is 37.5 Å². The molecule has 1 aliphatic heterocycles. The van der Waals surface area contributed by atoms with E-state index < -0.39 is 11.2 Å². The van der Waals surface area contributed by atoms with E-state index >= 15 is 0 Å². The fraction of sp³-hybridized carbons (Fsp3) is 0.300. The van der Waals surface area contributed by atoms with Crippen LogP contribution in [0.4, 0.5) is 10.1 Å². The van der Waals surface area contributed by atoms with Gasteiger partial charge in [0.25, 0.3) is 0 Å². The molecule has 1 spiro atoms. The molecule has 0 aromatic heterocycles. The van der Waals surface area contributed by atoms with Crippen LogP contribution in [0.3, 0.4) is 0 Å². The number of amides is 1. The second-order valence-electron chi connectivity index (χ2n) is 6.66. The number of hydrogen-bond acceptors (Lipinski definition) is 2. The number of nitrogens with zero attached hydrogens (tertiary/aromatic N) is 1. The molecule has 1 saturated carbocycles. The minimum absolute atomic E-state index is 0.0421. The van der Waals surface area contributed by atoms with Gasteiger partial charge >= 0.3 is 0 Å². The molecule has 0 unspecified atom stereocenters. The quantitative estimate of drug-likeness (QED) is 0.840. The van der Waals surface area contributed by atoms with Gasteiger partial charge in [-0.2, -0.15) is 5.26 Å². The molecule has 24 heavy (non-hydrogen) atoms. The summed E-state index contributed by atoms with van der Waals surface area (Å²) in [6, 6.07) is 12.3. The summed E-state index contributed by atoms with van der Waals surface area (Å²) in [6.07, 6.45) is 5.03. The van der Waals surface area contributed by atoms with Crippen LogP contribution >= 0.6 is 0 Å². The number of carbonyl (C=O) groups excluding carboxylic acids is 1. The Bertz CT molecular complexity index is 876. The smallest absolute Gasteiger partial charge is 0.235 e. The number of nitrogens with one attached hydrogen (secondary N) is 1. The molecule has 1 N–H and O–H groups in total. The number of nitriles is 1. The third-order valence-electron chi connectivity index (χ3n) is 5.35. The Morgan fingerprint density at radius 3 is 2.46 bits per heavy atom. The molecule has 2 aliphatic rings. The Balaban J connectivity index is 1.80. The lowest BCUT2D eigenvalue weighted by Crippen LogP contribution is -2.36. The summed E-state index contributed by atoms with van der Waals surface area (Å²) in [4.78, 5) is 12.6. The lowest BCUT2D eigenvalue weighted by Gasteiger charge is -2.31. The van der Waals surface area contributed by atoms with Gasteiger partial charge in [-0.25, -0.2) is 4.39 Å².